The van der Waals surface area contributed by atoms with Gasteiger partial charge in [-0.05, 0) is 12.5 Å². The van der Waals surface area contributed by atoms with E-state index in [1.807, 2.05) is 0 Å². The predicted octanol–water partition coefficient (Wildman–Crippen LogP) is 0.503. The summed E-state index contributed by atoms with van der Waals surface area (Å²) in [5.74, 6) is 0. The second-order valence-electron chi connectivity index (χ2n) is 3.07. The number of halogens is 1. The second kappa shape index (κ2) is 3.32. The van der Waals surface area contributed by atoms with Crippen LogP contribution in [0.3, 0.4) is 0 Å². The van der Waals surface area contributed by atoms with Crippen LogP contribution in [0.2, 0.25) is 0 Å². The Balaban J connectivity index is 2.39. The quantitative estimate of drug-likeness (QED) is 0.681. The molecular weight excluding hydrogens is 211 g/mol. The lowest BCUT2D eigenvalue weighted by Crippen LogP contribution is -2.14. The van der Waals surface area contributed by atoms with E-state index in [-0.39, 0.29) is 6.04 Å². The van der Waals surface area contributed by atoms with Crippen molar-refractivity contribution >= 4 is 10.2 Å². The van der Waals surface area contributed by atoms with Crippen molar-refractivity contribution in [2.24, 2.45) is 0 Å². The van der Waals surface area contributed by atoms with Crippen LogP contribution >= 0.6 is 0 Å². The minimum atomic E-state index is -4.68. The fraction of sp³-hybridized carbons (Fsp3) is 0.571. The highest BCUT2D eigenvalue weighted by Crippen LogP contribution is 2.22. The molecule has 1 aliphatic heterocycles. The van der Waals surface area contributed by atoms with Crippen LogP contribution in [0.25, 0.3) is 0 Å². The molecule has 1 aromatic heterocycles. The molecule has 1 saturated heterocycles. The van der Waals surface area contributed by atoms with Crippen molar-refractivity contribution < 1.29 is 17.0 Å². The van der Waals surface area contributed by atoms with E-state index in [2.05, 4.69) is 5.10 Å². The Morgan fingerprint density at radius 1 is 1.64 bits per heavy atom. The van der Waals surface area contributed by atoms with Crippen molar-refractivity contribution in [2.75, 3.05) is 13.2 Å². The molecule has 1 atom stereocenters. The maximum Gasteiger partial charge on any atom is 0.349 e. The number of hydrogen-bond donors (Lipinski definition) is 0. The molecule has 0 aromatic carbocycles. The lowest BCUT2D eigenvalue weighted by Gasteiger charge is -2.09. The normalized spacial score (nSPS) is 22.8. The van der Waals surface area contributed by atoms with Crippen LogP contribution < -0.4 is 0 Å². The van der Waals surface area contributed by atoms with Gasteiger partial charge in [0.1, 0.15) is 0 Å². The maximum atomic E-state index is 12.7. The monoisotopic (exact) mass is 220 g/mol. The molecule has 1 fully saturated rings. The highest BCUT2D eigenvalue weighted by molar-refractivity contribution is 7.86. The minimum Gasteiger partial charge on any atom is -0.379 e. The molecule has 1 aromatic rings. The Morgan fingerprint density at radius 2 is 2.43 bits per heavy atom. The van der Waals surface area contributed by atoms with Gasteiger partial charge in [0, 0.05) is 6.61 Å². The van der Waals surface area contributed by atoms with Gasteiger partial charge in [-0.1, -0.05) is 3.89 Å². The lowest BCUT2D eigenvalue weighted by molar-refractivity contribution is 0.182. The molecule has 0 aliphatic carbocycles. The standard InChI is InChI=1S/C7H9FN2O3S/c8-14(11,12)7-1-3-9-10(7)6-2-4-13-5-6/h1,3,6H,2,4-5H2. The lowest BCUT2D eigenvalue weighted by atomic mass is 10.3. The summed E-state index contributed by atoms with van der Waals surface area (Å²) in [6.45, 7) is 0.931. The van der Waals surface area contributed by atoms with Crippen molar-refractivity contribution in [1.29, 1.82) is 0 Å². The first-order valence-corrected chi connectivity index (χ1v) is 5.53. The van der Waals surface area contributed by atoms with Gasteiger partial charge in [-0.25, -0.2) is 4.68 Å². The van der Waals surface area contributed by atoms with E-state index in [0.29, 0.717) is 19.6 Å². The van der Waals surface area contributed by atoms with E-state index >= 15 is 0 Å². The first-order chi connectivity index (χ1) is 6.59. The zero-order chi connectivity index (χ0) is 10.2. The van der Waals surface area contributed by atoms with E-state index in [9.17, 15) is 12.3 Å². The highest BCUT2D eigenvalue weighted by Gasteiger charge is 2.26. The largest absolute Gasteiger partial charge is 0.379 e. The molecule has 14 heavy (non-hydrogen) atoms. The zero-order valence-electron chi connectivity index (χ0n) is 7.26. The Morgan fingerprint density at radius 3 is 3.00 bits per heavy atom. The van der Waals surface area contributed by atoms with Gasteiger partial charge >= 0.3 is 10.2 Å². The summed E-state index contributed by atoms with van der Waals surface area (Å²) in [5, 5.41) is 3.39. The zero-order valence-corrected chi connectivity index (χ0v) is 8.08. The number of rotatable bonds is 2. The molecular formula is C7H9FN2O3S. The van der Waals surface area contributed by atoms with Crippen LogP contribution in [0.5, 0.6) is 0 Å². The molecule has 5 nitrogen and oxygen atoms in total. The summed E-state index contributed by atoms with van der Waals surface area (Å²) >= 11 is 0. The van der Waals surface area contributed by atoms with Crippen LogP contribution in [0.4, 0.5) is 3.89 Å². The summed E-state index contributed by atoms with van der Waals surface area (Å²) in [6, 6.07) is 0.971. The van der Waals surface area contributed by atoms with Crippen molar-refractivity contribution in [3.8, 4) is 0 Å². The van der Waals surface area contributed by atoms with E-state index in [0.717, 1.165) is 6.07 Å². The van der Waals surface area contributed by atoms with Crippen molar-refractivity contribution in [3.05, 3.63) is 12.3 Å². The van der Waals surface area contributed by atoms with E-state index in [1.165, 1.54) is 10.9 Å². The average Bonchev–Trinajstić information content (AvgIpc) is 2.73. The van der Waals surface area contributed by atoms with Gasteiger partial charge in [-0.3, -0.25) is 0 Å². The fourth-order valence-electron chi connectivity index (χ4n) is 1.48. The molecule has 2 rings (SSSR count). The molecule has 1 unspecified atom stereocenters. The third-order valence-corrected chi connectivity index (χ3v) is 2.96. The minimum absolute atomic E-state index is 0.175. The van der Waals surface area contributed by atoms with Gasteiger partial charge < -0.3 is 4.74 Å². The first kappa shape index (κ1) is 9.60. The van der Waals surface area contributed by atoms with Crippen molar-refractivity contribution in [1.82, 2.24) is 9.78 Å². The van der Waals surface area contributed by atoms with Gasteiger partial charge in [-0.15, -0.1) is 0 Å². The molecule has 7 heteroatoms. The Hall–Kier alpha value is -0.950. The average molecular weight is 220 g/mol. The van der Waals surface area contributed by atoms with Crippen LogP contribution in [0, 0.1) is 0 Å². The summed E-state index contributed by atoms with van der Waals surface area (Å²) < 4.78 is 40.4. The molecule has 2 heterocycles. The van der Waals surface area contributed by atoms with Crippen molar-refractivity contribution in [3.63, 3.8) is 0 Å². The topological polar surface area (TPSA) is 61.2 Å². The van der Waals surface area contributed by atoms with Gasteiger partial charge in [0.25, 0.3) is 0 Å². The Kier molecular flexibility index (Phi) is 2.28. The predicted molar refractivity (Wildman–Crippen MR) is 45.0 cm³/mol. The Labute approximate surface area is 80.7 Å². The molecule has 0 bridgehead atoms. The number of hydrogen-bond acceptors (Lipinski definition) is 4. The molecule has 0 radical (unpaired) electrons. The van der Waals surface area contributed by atoms with Gasteiger partial charge in [-0.2, -0.15) is 13.5 Å². The summed E-state index contributed by atoms with van der Waals surface area (Å²) in [7, 11) is -4.68. The third-order valence-electron chi connectivity index (χ3n) is 2.14. The molecule has 78 valence electrons. The molecule has 0 spiro atoms. The summed E-state index contributed by atoms with van der Waals surface area (Å²) in [4.78, 5) is 0. The fourth-order valence-corrected chi connectivity index (χ4v) is 2.13. The van der Waals surface area contributed by atoms with Crippen LogP contribution in [-0.2, 0) is 15.0 Å². The molecule has 0 amide bonds. The van der Waals surface area contributed by atoms with Crippen molar-refractivity contribution in [2.45, 2.75) is 17.5 Å². The van der Waals surface area contributed by atoms with E-state index in [4.69, 9.17) is 4.74 Å². The van der Waals surface area contributed by atoms with Crippen LogP contribution in [-0.4, -0.2) is 31.4 Å². The number of ether oxygens (including phenoxy) is 1. The second-order valence-corrected chi connectivity index (χ2v) is 4.36. The molecule has 1 aliphatic rings. The third kappa shape index (κ3) is 1.64. The van der Waals surface area contributed by atoms with Crippen LogP contribution in [0.15, 0.2) is 17.3 Å². The Bertz CT molecular complexity index is 422. The smallest absolute Gasteiger partial charge is 0.349 e. The summed E-state index contributed by atoms with van der Waals surface area (Å²) in [5.41, 5.74) is 0. The molecule has 0 N–H and O–H groups in total. The van der Waals surface area contributed by atoms with Gasteiger partial charge in [0.15, 0.2) is 5.03 Å². The van der Waals surface area contributed by atoms with Gasteiger partial charge in [0.05, 0.1) is 18.8 Å². The number of aromatic nitrogens is 2. The SMILES string of the molecule is O=S(=O)(F)c1ccnn1C1CCOC1. The highest BCUT2D eigenvalue weighted by atomic mass is 32.3. The first-order valence-electron chi connectivity index (χ1n) is 4.15. The van der Waals surface area contributed by atoms with E-state index in [1.54, 1.807) is 0 Å². The van der Waals surface area contributed by atoms with Gasteiger partial charge in [0.2, 0.25) is 0 Å². The molecule has 0 saturated carbocycles. The van der Waals surface area contributed by atoms with Crippen LogP contribution in [0.1, 0.15) is 12.5 Å². The maximum absolute atomic E-state index is 12.7. The number of nitrogens with zero attached hydrogens (tertiary/aromatic N) is 2. The summed E-state index contributed by atoms with van der Waals surface area (Å²) in [6.07, 6.45) is 1.93. The van der Waals surface area contributed by atoms with E-state index < -0.39 is 15.2 Å².